The first-order valence-corrected chi connectivity index (χ1v) is 8.24. The number of halogens is 2. The van der Waals surface area contributed by atoms with Crippen LogP contribution in [0.3, 0.4) is 0 Å². The van der Waals surface area contributed by atoms with Crippen LogP contribution < -0.4 is 4.72 Å². The van der Waals surface area contributed by atoms with Crippen molar-refractivity contribution in [2.75, 3.05) is 26.9 Å². The maximum Gasteiger partial charge on any atom is 0.240 e. The molecule has 1 aliphatic rings. The maximum absolute atomic E-state index is 13.4. The molecule has 2 rings (SSSR count). The summed E-state index contributed by atoms with van der Waals surface area (Å²) in [5, 5.41) is 0. The van der Waals surface area contributed by atoms with Gasteiger partial charge in [-0.15, -0.1) is 0 Å². The zero-order valence-electron chi connectivity index (χ0n) is 10.9. The Bertz CT molecular complexity index is 587. The molecule has 0 spiro atoms. The molecule has 112 valence electrons. The second-order valence-corrected chi connectivity index (χ2v) is 7.21. The van der Waals surface area contributed by atoms with E-state index in [9.17, 15) is 12.8 Å². The van der Waals surface area contributed by atoms with Crippen LogP contribution in [0.25, 0.3) is 0 Å². The van der Waals surface area contributed by atoms with Gasteiger partial charge in [-0.05, 0) is 34.1 Å². The van der Waals surface area contributed by atoms with E-state index in [0.29, 0.717) is 19.6 Å². The third kappa shape index (κ3) is 3.37. The number of benzene rings is 1. The van der Waals surface area contributed by atoms with Gasteiger partial charge in [-0.1, -0.05) is 0 Å². The van der Waals surface area contributed by atoms with Gasteiger partial charge >= 0.3 is 0 Å². The predicted octanol–water partition coefficient (Wildman–Crippen LogP) is 1.67. The highest BCUT2D eigenvalue weighted by molar-refractivity contribution is 9.10. The molecular formula is C12H15BrFNO4S. The lowest BCUT2D eigenvalue weighted by molar-refractivity contribution is -0.0120. The molecule has 0 saturated carbocycles. The highest BCUT2D eigenvalue weighted by atomic mass is 79.9. The molecule has 0 bridgehead atoms. The largest absolute Gasteiger partial charge is 0.378 e. The van der Waals surface area contributed by atoms with Crippen molar-refractivity contribution >= 4 is 26.0 Å². The molecule has 1 aromatic carbocycles. The minimum atomic E-state index is -3.78. The molecule has 1 saturated heterocycles. The Morgan fingerprint density at radius 2 is 2.30 bits per heavy atom. The summed E-state index contributed by atoms with van der Waals surface area (Å²) in [6.07, 6.45) is 0.612. The van der Waals surface area contributed by atoms with E-state index >= 15 is 0 Å². The van der Waals surface area contributed by atoms with Crippen molar-refractivity contribution < 1.29 is 22.3 Å². The highest BCUT2D eigenvalue weighted by Crippen LogP contribution is 2.23. The van der Waals surface area contributed by atoms with Gasteiger partial charge in [0.2, 0.25) is 10.0 Å². The summed E-state index contributed by atoms with van der Waals surface area (Å²) < 4.78 is 50.9. The van der Waals surface area contributed by atoms with Crippen molar-refractivity contribution in [3.05, 3.63) is 28.5 Å². The topological polar surface area (TPSA) is 64.6 Å². The number of methoxy groups -OCH3 is 1. The van der Waals surface area contributed by atoms with Crippen LogP contribution in [0, 0.1) is 5.82 Å². The van der Waals surface area contributed by atoms with Crippen LogP contribution in [0.15, 0.2) is 27.6 Å². The summed E-state index contributed by atoms with van der Waals surface area (Å²) in [7, 11) is -2.27. The molecule has 0 aromatic heterocycles. The van der Waals surface area contributed by atoms with Gasteiger partial charge in [0.25, 0.3) is 0 Å². The number of rotatable bonds is 5. The minimum Gasteiger partial charge on any atom is -0.378 e. The molecule has 1 aliphatic heterocycles. The normalized spacial score (nSPS) is 23.1. The van der Waals surface area contributed by atoms with Crippen LogP contribution in [0.4, 0.5) is 4.39 Å². The smallest absolute Gasteiger partial charge is 0.240 e. The molecule has 1 unspecified atom stereocenters. The van der Waals surface area contributed by atoms with Crippen molar-refractivity contribution in [2.45, 2.75) is 16.9 Å². The van der Waals surface area contributed by atoms with E-state index in [4.69, 9.17) is 9.47 Å². The number of hydrogen-bond acceptors (Lipinski definition) is 4. The van der Waals surface area contributed by atoms with Gasteiger partial charge in [0.15, 0.2) is 0 Å². The van der Waals surface area contributed by atoms with Crippen molar-refractivity contribution in [3.8, 4) is 0 Å². The van der Waals surface area contributed by atoms with Gasteiger partial charge in [-0.25, -0.2) is 17.5 Å². The Morgan fingerprint density at radius 3 is 2.85 bits per heavy atom. The second kappa shape index (κ2) is 6.07. The third-order valence-corrected chi connectivity index (χ3v) is 5.33. The Hall–Kier alpha value is -0.540. The summed E-state index contributed by atoms with van der Waals surface area (Å²) >= 11 is 2.98. The molecule has 8 heteroatoms. The monoisotopic (exact) mass is 367 g/mol. The summed E-state index contributed by atoms with van der Waals surface area (Å²) in [5.41, 5.74) is -0.652. The van der Waals surface area contributed by atoms with E-state index in [2.05, 4.69) is 20.7 Å². The van der Waals surface area contributed by atoms with E-state index < -0.39 is 21.4 Å². The van der Waals surface area contributed by atoms with E-state index in [0.717, 1.165) is 6.07 Å². The molecule has 1 N–H and O–H groups in total. The Kier molecular flexibility index (Phi) is 4.80. The van der Waals surface area contributed by atoms with E-state index in [1.807, 2.05) is 0 Å². The fourth-order valence-electron chi connectivity index (χ4n) is 1.91. The zero-order chi connectivity index (χ0) is 14.8. The molecule has 1 atom stereocenters. The maximum atomic E-state index is 13.4. The molecule has 1 heterocycles. The van der Waals surface area contributed by atoms with Crippen LogP contribution in [-0.4, -0.2) is 40.9 Å². The number of hydrogen-bond donors (Lipinski definition) is 1. The Morgan fingerprint density at radius 1 is 1.55 bits per heavy atom. The van der Waals surface area contributed by atoms with Gasteiger partial charge in [-0.3, -0.25) is 0 Å². The second-order valence-electron chi connectivity index (χ2n) is 4.59. The van der Waals surface area contributed by atoms with Crippen molar-refractivity contribution in [1.29, 1.82) is 0 Å². The van der Waals surface area contributed by atoms with Crippen molar-refractivity contribution in [2.24, 2.45) is 0 Å². The molecular weight excluding hydrogens is 353 g/mol. The van der Waals surface area contributed by atoms with Gasteiger partial charge < -0.3 is 9.47 Å². The molecule has 5 nitrogen and oxygen atoms in total. The van der Waals surface area contributed by atoms with Crippen LogP contribution in [0.1, 0.15) is 6.42 Å². The van der Waals surface area contributed by atoms with E-state index in [1.54, 1.807) is 0 Å². The molecule has 1 aromatic rings. The van der Waals surface area contributed by atoms with Gasteiger partial charge in [0.1, 0.15) is 11.4 Å². The number of ether oxygens (including phenoxy) is 2. The molecule has 1 fully saturated rings. The van der Waals surface area contributed by atoms with Crippen molar-refractivity contribution in [1.82, 2.24) is 4.72 Å². The Labute approximate surface area is 125 Å². The van der Waals surface area contributed by atoms with Crippen LogP contribution >= 0.6 is 15.9 Å². The quantitative estimate of drug-likeness (QED) is 0.859. The van der Waals surface area contributed by atoms with Crippen molar-refractivity contribution in [3.63, 3.8) is 0 Å². The number of sulfonamides is 1. The van der Waals surface area contributed by atoms with Gasteiger partial charge in [0, 0.05) is 26.7 Å². The first-order valence-electron chi connectivity index (χ1n) is 5.96. The summed E-state index contributed by atoms with van der Waals surface area (Å²) in [4.78, 5) is -0.122. The minimum absolute atomic E-state index is 0.0868. The lowest BCUT2D eigenvalue weighted by atomic mass is 10.0. The average Bonchev–Trinajstić information content (AvgIpc) is 2.89. The van der Waals surface area contributed by atoms with Crippen LogP contribution in [-0.2, 0) is 19.5 Å². The molecule has 0 radical (unpaired) electrons. The first-order chi connectivity index (χ1) is 9.38. The van der Waals surface area contributed by atoms with E-state index in [1.165, 1.54) is 19.2 Å². The molecule has 0 amide bonds. The lowest BCUT2D eigenvalue weighted by Crippen LogP contribution is -2.44. The highest BCUT2D eigenvalue weighted by Gasteiger charge is 2.36. The summed E-state index contributed by atoms with van der Waals surface area (Å²) in [6.45, 7) is 0.951. The zero-order valence-corrected chi connectivity index (χ0v) is 13.3. The van der Waals surface area contributed by atoms with Crippen LogP contribution in [0.2, 0.25) is 0 Å². The third-order valence-electron chi connectivity index (χ3n) is 3.29. The fourth-order valence-corrected chi connectivity index (χ4v) is 3.29. The van der Waals surface area contributed by atoms with Crippen LogP contribution in [0.5, 0.6) is 0 Å². The molecule has 20 heavy (non-hydrogen) atoms. The van der Waals surface area contributed by atoms with Gasteiger partial charge in [-0.2, -0.15) is 0 Å². The predicted molar refractivity (Wildman–Crippen MR) is 74.5 cm³/mol. The summed E-state index contributed by atoms with van der Waals surface area (Å²) in [5.74, 6) is -0.626. The average molecular weight is 368 g/mol. The summed E-state index contributed by atoms with van der Waals surface area (Å²) in [6, 6.07) is 3.66. The van der Waals surface area contributed by atoms with E-state index in [-0.39, 0.29) is 15.9 Å². The first kappa shape index (κ1) is 15.8. The van der Waals surface area contributed by atoms with Gasteiger partial charge in [0.05, 0.1) is 16.0 Å². The molecule has 0 aliphatic carbocycles. The SMILES string of the molecule is COC1(CNS(=O)(=O)c2ccc(Br)c(F)c2)CCOC1. The standard InChI is InChI=1S/C12H15BrFNO4S/c1-18-12(4-5-19-8-12)7-15-20(16,17)9-2-3-10(13)11(14)6-9/h2-3,6,15H,4-5,7-8H2,1H3. The Balaban J connectivity index is 2.13. The lowest BCUT2D eigenvalue weighted by Gasteiger charge is -2.25. The fraction of sp³-hybridized carbons (Fsp3) is 0.500. The number of nitrogens with one attached hydrogen (secondary N) is 1.